The predicted molar refractivity (Wildman–Crippen MR) is 95.5 cm³/mol. The van der Waals surface area contributed by atoms with E-state index in [1.54, 1.807) is 61.8 Å². The smallest absolute Gasteiger partial charge is 0.253 e. The molecule has 0 bridgehead atoms. The summed E-state index contributed by atoms with van der Waals surface area (Å²) in [7, 11) is 0. The standard InChI is InChI=1S/C18H16N4O3/c1-18(17(19)25,11-5-3-2-4-6-11)22-14-13(15(23)16(14)24)21-12-7-9-20-10-8-12/h2-10,22H,1H3,(H2,19,25)(H,20,21). The van der Waals surface area contributed by atoms with Gasteiger partial charge in [0.2, 0.25) is 5.91 Å². The van der Waals surface area contributed by atoms with Crippen LogP contribution in [0.5, 0.6) is 0 Å². The molecule has 0 aliphatic carbocycles. The number of benzene rings is 1. The molecule has 0 saturated carbocycles. The molecule has 0 radical (unpaired) electrons. The first-order valence-electron chi connectivity index (χ1n) is 7.57. The maximum absolute atomic E-state index is 12.1. The monoisotopic (exact) mass is 336 g/mol. The van der Waals surface area contributed by atoms with Crippen LogP contribution in [-0.4, -0.2) is 10.9 Å². The first-order valence-corrected chi connectivity index (χ1v) is 7.57. The van der Waals surface area contributed by atoms with Gasteiger partial charge in [0.25, 0.3) is 10.9 Å². The summed E-state index contributed by atoms with van der Waals surface area (Å²) in [5, 5.41) is 5.73. The fourth-order valence-electron chi connectivity index (χ4n) is 2.51. The number of nitrogens with two attached hydrogens (primary N) is 1. The normalized spacial score (nSPS) is 13.2. The molecule has 7 nitrogen and oxygen atoms in total. The summed E-state index contributed by atoms with van der Waals surface area (Å²) < 4.78 is 0. The lowest BCUT2D eigenvalue weighted by atomic mass is 9.90. The highest BCUT2D eigenvalue weighted by Gasteiger charge is 2.36. The molecule has 0 aliphatic heterocycles. The molecule has 25 heavy (non-hydrogen) atoms. The second-order valence-corrected chi connectivity index (χ2v) is 5.75. The Morgan fingerprint density at radius 1 is 1.00 bits per heavy atom. The van der Waals surface area contributed by atoms with Crippen molar-refractivity contribution in [2.75, 3.05) is 10.6 Å². The van der Waals surface area contributed by atoms with Gasteiger partial charge in [-0.15, -0.1) is 0 Å². The maximum atomic E-state index is 12.1. The average molecular weight is 336 g/mol. The lowest BCUT2D eigenvalue weighted by molar-refractivity contribution is -0.122. The Kier molecular flexibility index (Phi) is 4.06. The maximum Gasteiger partial charge on any atom is 0.253 e. The highest BCUT2D eigenvalue weighted by Crippen LogP contribution is 2.29. The predicted octanol–water partition coefficient (Wildman–Crippen LogP) is 1.23. The van der Waals surface area contributed by atoms with Gasteiger partial charge in [-0.05, 0) is 24.6 Å². The van der Waals surface area contributed by atoms with E-state index in [2.05, 4.69) is 15.6 Å². The Balaban J connectivity index is 1.97. The van der Waals surface area contributed by atoms with Gasteiger partial charge in [-0.1, -0.05) is 30.3 Å². The number of anilines is 3. The molecule has 1 heterocycles. The molecule has 3 rings (SSSR count). The average Bonchev–Trinajstić information content (AvgIpc) is 2.65. The van der Waals surface area contributed by atoms with Crippen LogP contribution in [0.25, 0.3) is 0 Å². The number of carbonyl (C=O) groups is 1. The van der Waals surface area contributed by atoms with Crippen LogP contribution >= 0.6 is 0 Å². The van der Waals surface area contributed by atoms with Crippen molar-refractivity contribution in [3.05, 3.63) is 80.9 Å². The number of pyridine rings is 1. The van der Waals surface area contributed by atoms with Gasteiger partial charge in [-0.2, -0.15) is 0 Å². The molecule has 0 spiro atoms. The molecule has 0 fully saturated rings. The molecule has 4 N–H and O–H groups in total. The summed E-state index contributed by atoms with van der Waals surface area (Å²) >= 11 is 0. The number of primary amides is 1. The van der Waals surface area contributed by atoms with E-state index in [0.717, 1.165) is 0 Å². The van der Waals surface area contributed by atoms with E-state index in [9.17, 15) is 14.4 Å². The molecule has 2 aromatic carbocycles. The van der Waals surface area contributed by atoms with Crippen molar-refractivity contribution in [3.63, 3.8) is 0 Å². The number of aromatic nitrogens is 1. The summed E-state index contributed by atoms with van der Waals surface area (Å²) in [6, 6.07) is 12.1. The van der Waals surface area contributed by atoms with Gasteiger partial charge in [0, 0.05) is 18.1 Å². The summed E-state index contributed by atoms with van der Waals surface area (Å²) in [6.45, 7) is 1.57. The van der Waals surface area contributed by atoms with Gasteiger partial charge in [-0.3, -0.25) is 19.4 Å². The zero-order valence-corrected chi connectivity index (χ0v) is 13.4. The Hall–Kier alpha value is -3.48. The van der Waals surface area contributed by atoms with Gasteiger partial charge >= 0.3 is 0 Å². The van der Waals surface area contributed by atoms with Crippen molar-refractivity contribution in [2.45, 2.75) is 12.5 Å². The number of rotatable bonds is 6. The Morgan fingerprint density at radius 3 is 2.20 bits per heavy atom. The zero-order chi connectivity index (χ0) is 18.0. The third-order valence-electron chi connectivity index (χ3n) is 4.08. The molecule has 0 saturated heterocycles. The Morgan fingerprint density at radius 2 is 1.60 bits per heavy atom. The molecule has 3 aromatic rings. The molecule has 1 atom stereocenters. The van der Waals surface area contributed by atoms with Crippen LogP contribution in [0.3, 0.4) is 0 Å². The van der Waals surface area contributed by atoms with Crippen LogP contribution in [-0.2, 0) is 10.3 Å². The molecule has 1 aromatic heterocycles. The number of hydrogen-bond donors (Lipinski definition) is 3. The van der Waals surface area contributed by atoms with Gasteiger partial charge < -0.3 is 16.4 Å². The van der Waals surface area contributed by atoms with Crippen LogP contribution < -0.4 is 27.2 Å². The topological polar surface area (TPSA) is 114 Å². The largest absolute Gasteiger partial charge is 0.367 e. The number of carbonyl (C=O) groups excluding carboxylic acids is 1. The molecule has 126 valence electrons. The van der Waals surface area contributed by atoms with E-state index in [4.69, 9.17) is 5.73 Å². The summed E-state index contributed by atoms with van der Waals surface area (Å²) in [6.07, 6.45) is 3.11. The third kappa shape index (κ3) is 2.87. The quantitative estimate of drug-likeness (QED) is 0.583. The first-order chi connectivity index (χ1) is 11.9. The van der Waals surface area contributed by atoms with E-state index < -0.39 is 22.3 Å². The number of nitrogens with one attached hydrogen (secondary N) is 2. The van der Waals surface area contributed by atoms with Gasteiger partial charge in [0.15, 0.2) is 0 Å². The van der Waals surface area contributed by atoms with Crippen molar-refractivity contribution in [1.29, 1.82) is 0 Å². The molecule has 0 aliphatic rings. The fraction of sp³-hybridized carbons (Fsp3) is 0.111. The third-order valence-corrected chi connectivity index (χ3v) is 4.08. The van der Waals surface area contributed by atoms with Crippen LogP contribution in [0.2, 0.25) is 0 Å². The van der Waals surface area contributed by atoms with E-state index in [0.29, 0.717) is 11.3 Å². The van der Waals surface area contributed by atoms with Crippen molar-refractivity contribution < 1.29 is 4.79 Å². The minimum Gasteiger partial charge on any atom is -0.367 e. The summed E-state index contributed by atoms with van der Waals surface area (Å²) in [5.74, 6) is -0.665. The Bertz CT molecular complexity index is 979. The molecule has 1 unspecified atom stereocenters. The highest BCUT2D eigenvalue weighted by atomic mass is 16.2. The lowest BCUT2D eigenvalue weighted by Gasteiger charge is -2.30. The molecule has 1 amide bonds. The summed E-state index contributed by atoms with van der Waals surface area (Å²) in [4.78, 5) is 39.9. The zero-order valence-electron chi connectivity index (χ0n) is 13.4. The molecular formula is C18H16N4O3. The van der Waals surface area contributed by atoms with Gasteiger partial charge in [0.1, 0.15) is 16.9 Å². The van der Waals surface area contributed by atoms with Crippen molar-refractivity contribution in [3.8, 4) is 0 Å². The molecular weight excluding hydrogens is 320 g/mol. The second-order valence-electron chi connectivity index (χ2n) is 5.75. The van der Waals surface area contributed by atoms with Crippen molar-refractivity contribution in [1.82, 2.24) is 4.98 Å². The van der Waals surface area contributed by atoms with Crippen LogP contribution in [0.4, 0.5) is 17.1 Å². The van der Waals surface area contributed by atoms with Crippen LogP contribution in [0.1, 0.15) is 12.5 Å². The molecule has 7 heteroatoms. The minimum atomic E-state index is -1.34. The van der Waals surface area contributed by atoms with Crippen molar-refractivity contribution in [2.24, 2.45) is 5.73 Å². The van der Waals surface area contributed by atoms with Crippen molar-refractivity contribution >= 4 is 23.0 Å². The lowest BCUT2D eigenvalue weighted by Crippen LogP contribution is -2.49. The second kappa shape index (κ2) is 6.20. The number of nitrogens with zero attached hydrogens (tertiary/aromatic N) is 1. The summed E-state index contributed by atoms with van der Waals surface area (Å²) in [5.41, 5.74) is 4.20. The van der Waals surface area contributed by atoms with Crippen LogP contribution in [0.15, 0.2) is 64.4 Å². The van der Waals surface area contributed by atoms with E-state index >= 15 is 0 Å². The number of amides is 1. The fourth-order valence-corrected chi connectivity index (χ4v) is 2.51. The van der Waals surface area contributed by atoms with Crippen LogP contribution in [0, 0.1) is 0 Å². The van der Waals surface area contributed by atoms with Gasteiger partial charge in [0.05, 0.1) is 0 Å². The first kappa shape index (κ1) is 16.4. The number of hydrogen-bond acceptors (Lipinski definition) is 6. The van der Waals surface area contributed by atoms with E-state index in [1.807, 2.05) is 0 Å². The highest BCUT2D eigenvalue weighted by molar-refractivity contribution is 5.91. The van der Waals surface area contributed by atoms with E-state index in [1.165, 1.54) is 0 Å². The van der Waals surface area contributed by atoms with Gasteiger partial charge in [-0.25, -0.2) is 0 Å². The Labute approximate surface area is 143 Å². The SMILES string of the molecule is CC(Nc1c(Nc2ccncc2)c(=O)c1=O)(C(N)=O)c1ccccc1. The minimum absolute atomic E-state index is 0.0342. The van der Waals surface area contributed by atoms with E-state index in [-0.39, 0.29) is 11.4 Å².